The third kappa shape index (κ3) is 3.35. The maximum Gasteiger partial charge on any atom is 0.252 e. The molecular formula is C12H12ClIN2O2. The van der Waals surface area contributed by atoms with Gasteiger partial charge in [0.25, 0.3) is 5.91 Å². The van der Waals surface area contributed by atoms with E-state index in [-0.39, 0.29) is 17.9 Å². The minimum atomic E-state index is -0.128. The summed E-state index contributed by atoms with van der Waals surface area (Å²) < 4.78 is 0.817. The monoisotopic (exact) mass is 378 g/mol. The van der Waals surface area contributed by atoms with Gasteiger partial charge in [-0.15, -0.1) is 0 Å². The van der Waals surface area contributed by atoms with Crippen LogP contribution in [0.3, 0.4) is 0 Å². The maximum absolute atomic E-state index is 12.1. The van der Waals surface area contributed by atoms with Gasteiger partial charge in [-0.1, -0.05) is 11.6 Å². The van der Waals surface area contributed by atoms with Crippen LogP contribution in [-0.4, -0.2) is 24.4 Å². The summed E-state index contributed by atoms with van der Waals surface area (Å²) in [6.07, 6.45) is 1.14. The van der Waals surface area contributed by atoms with Gasteiger partial charge >= 0.3 is 0 Å². The van der Waals surface area contributed by atoms with Crippen molar-refractivity contribution in [2.24, 2.45) is 0 Å². The summed E-state index contributed by atoms with van der Waals surface area (Å²) in [6, 6.07) is 5.16. The summed E-state index contributed by atoms with van der Waals surface area (Å²) in [7, 11) is 0. The number of amides is 2. The summed E-state index contributed by atoms with van der Waals surface area (Å²) in [5.74, 6) is -0.0845. The molecule has 1 heterocycles. The van der Waals surface area contributed by atoms with Gasteiger partial charge in [0.15, 0.2) is 0 Å². The lowest BCUT2D eigenvalue weighted by molar-refractivity contribution is -0.122. The quantitative estimate of drug-likeness (QED) is 0.773. The van der Waals surface area contributed by atoms with Crippen LogP contribution < -0.4 is 10.6 Å². The molecular weight excluding hydrogens is 367 g/mol. The van der Waals surface area contributed by atoms with Crippen molar-refractivity contribution in [3.8, 4) is 0 Å². The van der Waals surface area contributed by atoms with E-state index in [2.05, 4.69) is 33.2 Å². The number of nitrogens with one attached hydrogen (secondary N) is 2. The van der Waals surface area contributed by atoms with Crippen LogP contribution in [0.25, 0.3) is 0 Å². The molecule has 2 amide bonds. The van der Waals surface area contributed by atoms with Crippen LogP contribution in [-0.2, 0) is 4.79 Å². The normalized spacial score (nSPS) is 19.2. The molecule has 1 aliphatic rings. The summed E-state index contributed by atoms with van der Waals surface area (Å²) in [6.45, 7) is 0.495. The van der Waals surface area contributed by atoms with Crippen molar-refractivity contribution in [1.82, 2.24) is 10.6 Å². The average molecular weight is 379 g/mol. The smallest absolute Gasteiger partial charge is 0.252 e. The van der Waals surface area contributed by atoms with E-state index in [0.717, 1.165) is 3.57 Å². The average Bonchev–Trinajstić information content (AvgIpc) is 2.32. The van der Waals surface area contributed by atoms with Crippen LogP contribution in [0.4, 0.5) is 0 Å². The van der Waals surface area contributed by atoms with Crippen LogP contribution in [0.1, 0.15) is 23.2 Å². The Bertz CT molecular complexity index is 483. The standard InChI is InChI=1S/C12H12ClIN2O2/c13-7-1-3-9(10(14)5-7)12(18)16-8-2-4-11(17)15-6-8/h1,3,5,8H,2,4,6H2,(H,15,17)(H,16,18)/t8-/m1/s1. The summed E-state index contributed by atoms with van der Waals surface area (Å²) in [4.78, 5) is 23.1. The molecule has 0 radical (unpaired) electrons. The molecule has 0 bridgehead atoms. The number of rotatable bonds is 2. The lowest BCUT2D eigenvalue weighted by Gasteiger charge is -2.23. The number of benzene rings is 1. The Balaban J connectivity index is 2.01. The molecule has 0 saturated carbocycles. The highest BCUT2D eigenvalue weighted by Crippen LogP contribution is 2.18. The number of piperidine rings is 1. The van der Waals surface area contributed by atoms with Crippen molar-refractivity contribution < 1.29 is 9.59 Å². The van der Waals surface area contributed by atoms with E-state index in [1.54, 1.807) is 18.2 Å². The molecule has 4 nitrogen and oxygen atoms in total. The number of hydrogen-bond acceptors (Lipinski definition) is 2. The third-order valence-corrected chi connectivity index (χ3v) is 3.90. The first-order valence-corrected chi connectivity index (χ1v) is 7.04. The van der Waals surface area contributed by atoms with Crippen LogP contribution >= 0.6 is 34.2 Å². The van der Waals surface area contributed by atoms with E-state index >= 15 is 0 Å². The zero-order chi connectivity index (χ0) is 13.1. The molecule has 0 aliphatic carbocycles. The Labute approximate surface area is 124 Å². The zero-order valence-corrected chi connectivity index (χ0v) is 12.4. The fourth-order valence-corrected chi connectivity index (χ4v) is 2.91. The Morgan fingerprint density at radius 2 is 2.28 bits per heavy atom. The van der Waals surface area contributed by atoms with Crippen LogP contribution in [0.15, 0.2) is 18.2 Å². The maximum atomic E-state index is 12.1. The minimum Gasteiger partial charge on any atom is -0.354 e. The van der Waals surface area contributed by atoms with Gasteiger partial charge in [-0.05, 0) is 47.2 Å². The van der Waals surface area contributed by atoms with E-state index in [1.165, 1.54) is 0 Å². The lowest BCUT2D eigenvalue weighted by atomic mass is 10.1. The molecule has 6 heteroatoms. The van der Waals surface area contributed by atoms with Gasteiger partial charge in [0, 0.05) is 27.6 Å². The first-order valence-electron chi connectivity index (χ1n) is 5.59. The molecule has 18 heavy (non-hydrogen) atoms. The number of carbonyl (C=O) groups is 2. The van der Waals surface area contributed by atoms with Crippen molar-refractivity contribution >= 4 is 46.0 Å². The van der Waals surface area contributed by atoms with E-state index in [4.69, 9.17) is 11.6 Å². The number of hydrogen-bond donors (Lipinski definition) is 2. The number of halogens is 2. The second-order valence-corrected chi connectivity index (χ2v) is 5.74. The Kier molecular flexibility index (Phi) is 4.45. The first-order chi connectivity index (χ1) is 8.56. The second-order valence-electron chi connectivity index (χ2n) is 4.14. The fourth-order valence-electron chi connectivity index (χ4n) is 1.79. The van der Waals surface area contributed by atoms with Gasteiger partial charge in [-0.2, -0.15) is 0 Å². The van der Waals surface area contributed by atoms with Crippen molar-refractivity contribution in [1.29, 1.82) is 0 Å². The summed E-state index contributed by atoms with van der Waals surface area (Å²) in [5.41, 5.74) is 0.608. The van der Waals surface area contributed by atoms with Crippen LogP contribution in [0.2, 0.25) is 5.02 Å². The Hall–Kier alpha value is -0.820. The van der Waals surface area contributed by atoms with Crippen molar-refractivity contribution in [3.05, 3.63) is 32.4 Å². The Morgan fingerprint density at radius 3 is 2.89 bits per heavy atom. The molecule has 0 unspecified atom stereocenters. The largest absolute Gasteiger partial charge is 0.354 e. The highest BCUT2D eigenvalue weighted by Gasteiger charge is 2.20. The minimum absolute atomic E-state index is 0.00155. The van der Waals surface area contributed by atoms with Gasteiger partial charge in [0.2, 0.25) is 5.91 Å². The molecule has 1 atom stereocenters. The zero-order valence-electron chi connectivity index (χ0n) is 9.50. The third-order valence-electron chi connectivity index (χ3n) is 2.78. The Morgan fingerprint density at radius 1 is 1.50 bits per heavy atom. The van der Waals surface area contributed by atoms with Crippen LogP contribution in [0, 0.1) is 3.57 Å². The molecule has 0 aromatic heterocycles. The van der Waals surface area contributed by atoms with Crippen molar-refractivity contribution in [2.45, 2.75) is 18.9 Å². The molecule has 1 aliphatic heterocycles. The molecule has 2 rings (SSSR count). The molecule has 1 fully saturated rings. The molecule has 0 spiro atoms. The summed E-state index contributed by atoms with van der Waals surface area (Å²) in [5, 5.41) is 6.26. The van der Waals surface area contributed by atoms with Crippen LogP contribution in [0.5, 0.6) is 0 Å². The van der Waals surface area contributed by atoms with Crippen molar-refractivity contribution in [3.63, 3.8) is 0 Å². The highest BCUT2D eigenvalue weighted by atomic mass is 127. The predicted octanol–water partition coefficient (Wildman–Crippen LogP) is 1.95. The molecule has 1 aromatic carbocycles. The second kappa shape index (κ2) is 5.88. The fraction of sp³-hybridized carbons (Fsp3) is 0.333. The molecule has 1 aromatic rings. The topological polar surface area (TPSA) is 58.2 Å². The van der Waals surface area contributed by atoms with Gasteiger partial charge in [-0.3, -0.25) is 9.59 Å². The van der Waals surface area contributed by atoms with Gasteiger partial charge in [-0.25, -0.2) is 0 Å². The predicted molar refractivity (Wildman–Crippen MR) is 77.7 cm³/mol. The van der Waals surface area contributed by atoms with E-state index in [1.807, 2.05) is 0 Å². The van der Waals surface area contributed by atoms with E-state index in [9.17, 15) is 9.59 Å². The van der Waals surface area contributed by atoms with E-state index in [0.29, 0.717) is 30.0 Å². The lowest BCUT2D eigenvalue weighted by Crippen LogP contribution is -2.47. The van der Waals surface area contributed by atoms with Crippen molar-refractivity contribution in [2.75, 3.05) is 6.54 Å². The van der Waals surface area contributed by atoms with E-state index < -0.39 is 0 Å². The summed E-state index contributed by atoms with van der Waals surface area (Å²) >= 11 is 7.93. The molecule has 96 valence electrons. The van der Waals surface area contributed by atoms with Gasteiger partial charge in [0.1, 0.15) is 0 Å². The highest BCUT2D eigenvalue weighted by molar-refractivity contribution is 14.1. The molecule has 2 N–H and O–H groups in total. The number of carbonyl (C=O) groups excluding carboxylic acids is 2. The van der Waals surface area contributed by atoms with Gasteiger partial charge in [0.05, 0.1) is 5.56 Å². The molecule has 1 saturated heterocycles. The SMILES string of the molecule is O=C1CC[C@@H](NC(=O)c2ccc(Cl)cc2I)CN1. The first kappa shape index (κ1) is 13.6. The van der Waals surface area contributed by atoms with Gasteiger partial charge < -0.3 is 10.6 Å².